The molecule has 0 saturated heterocycles. The van der Waals surface area contributed by atoms with Crippen LogP contribution in [-0.2, 0) is 18.9 Å². The molecule has 4 aliphatic heterocycles. The quantitative estimate of drug-likeness (QED) is 0.684. The SMILES string of the molecule is CC1S/C(=C2/SC(C)C3=C2OCCO3)C2=C1OCCO2. The van der Waals surface area contributed by atoms with Crippen molar-refractivity contribution in [3.63, 3.8) is 0 Å². The Kier molecular flexibility index (Phi) is 3.11. The Balaban J connectivity index is 1.80. The first kappa shape index (κ1) is 12.8. The Hall–Kier alpha value is -0.880. The molecule has 0 spiro atoms. The summed E-state index contributed by atoms with van der Waals surface area (Å²) in [5, 5.41) is 0.607. The Labute approximate surface area is 126 Å². The highest BCUT2D eigenvalue weighted by atomic mass is 32.2. The van der Waals surface area contributed by atoms with E-state index in [-0.39, 0.29) is 0 Å². The van der Waals surface area contributed by atoms with Crippen LogP contribution in [0.15, 0.2) is 32.8 Å². The molecular formula is C14H16O4S2. The zero-order valence-electron chi connectivity index (χ0n) is 11.4. The van der Waals surface area contributed by atoms with Crippen molar-refractivity contribution in [3.05, 3.63) is 32.8 Å². The molecule has 0 amide bonds. The van der Waals surface area contributed by atoms with Crippen molar-refractivity contribution in [3.8, 4) is 0 Å². The summed E-state index contributed by atoms with van der Waals surface area (Å²) in [7, 11) is 0. The fourth-order valence-electron chi connectivity index (χ4n) is 2.70. The van der Waals surface area contributed by atoms with Crippen LogP contribution >= 0.6 is 23.5 Å². The summed E-state index contributed by atoms with van der Waals surface area (Å²) < 4.78 is 23.2. The van der Waals surface area contributed by atoms with Crippen LogP contribution in [0, 0.1) is 0 Å². The van der Waals surface area contributed by atoms with Crippen molar-refractivity contribution in [1.82, 2.24) is 0 Å². The summed E-state index contributed by atoms with van der Waals surface area (Å²) in [6.07, 6.45) is 0. The van der Waals surface area contributed by atoms with Crippen LogP contribution in [-0.4, -0.2) is 36.9 Å². The van der Waals surface area contributed by atoms with Crippen molar-refractivity contribution in [2.75, 3.05) is 26.4 Å². The van der Waals surface area contributed by atoms with Gasteiger partial charge >= 0.3 is 0 Å². The number of hydrogen-bond acceptors (Lipinski definition) is 6. The highest BCUT2D eigenvalue weighted by Crippen LogP contribution is 2.54. The van der Waals surface area contributed by atoms with Gasteiger partial charge in [0.1, 0.15) is 26.4 Å². The van der Waals surface area contributed by atoms with Gasteiger partial charge in [-0.25, -0.2) is 0 Å². The van der Waals surface area contributed by atoms with E-state index in [1.807, 2.05) is 0 Å². The molecule has 0 aromatic carbocycles. The van der Waals surface area contributed by atoms with E-state index in [1.54, 1.807) is 23.5 Å². The molecule has 20 heavy (non-hydrogen) atoms. The lowest BCUT2D eigenvalue weighted by molar-refractivity contribution is 0.0654. The van der Waals surface area contributed by atoms with E-state index in [4.69, 9.17) is 18.9 Å². The maximum absolute atomic E-state index is 5.86. The van der Waals surface area contributed by atoms with Crippen molar-refractivity contribution in [2.45, 2.75) is 24.3 Å². The van der Waals surface area contributed by atoms with Crippen LogP contribution in [0.3, 0.4) is 0 Å². The lowest BCUT2D eigenvalue weighted by Gasteiger charge is -2.20. The van der Waals surface area contributed by atoms with Crippen molar-refractivity contribution < 1.29 is 18.9 Å². The minimum absolute atomic E-state index is 0.304. The fourth-order valence-corrected chi connectivity index (χ4v) is 5.20. The standard InChI is InChI=1S/C14H16O4S2/c1-7-9-11(17-5-3-15-9)13(19-7)14-12-10(8(2)20-14)16-4-6-18-12/h7-8H,3-6H2,1-2H3/b14-13+. The van der Waals surface area contributed by atoms with Crippen LogP contribution < -0.4 is 0 Å². The molecule has 0 aliphatic carbocycles. The van der Waals surface area contributed by atoms with Crippen molar-refractivity contribution >= 4 is 23.5 Å². The average Bonchev–Trinajstić information content (AvgIpc) is 2.99. The second-order valence-corrected chi connectivity index (χ2v) is 7.66. The predicted molar refractivity (Wildman–Crippen MR) is 79.0 cm³/mol. The number of rotatable bonds is 0. The van der Waals surface area contributed by atoms with Gasteiger partial charge < -0.3 is 18.9 Å². The molecular weight excluding hydrogens is 296 g/mol. The van der Waals surface area contributed by atoms with Gasteiger partial charge in [-0.1, -0.05) is 0 Å². The zero-order valence-corrected chi connectivity index (χ0v) is 13.1. The molecule has 108 valence electrons. The number of thioether (sulfide) groups is 2. The summed E-state index contributed by atoms with van der Waals surface area (Å²) in [4.78, 5) is 2.30. The normalized spacial score (nSPS) is 35.9. The first-order chi connectivity index (χ1) is 9.75. The summed E-state index contributed by atoms with van der Waals surface area (Å²) in [6.45, 7) is 6.82. The Morgan fingerprint density at radius 2 is 1.10 bits per heavy atom. The van der Waals surface area contributed by atoms with Crippen LogP contribution in [0.1, 0.15) is 13.8 Å². The van der Waals surface area contributed by atoms with Gasteiger partial charge in [-0.3, -0.25) is 0 Å². The summed E-state index contributed by atoms with van der Waals surface area (Å²) in [5.41, 5.74) is 0. The lowest BCUT2D eigenvalue weighted by atomic mass is 10.2. The highest BCUT2D eigenvalue weighted by Gasteiger charge is 2.41. The Bertz CT molecular complexity index is 501. The lowest BCUT2D eigenvalue weighted by Crippen LogP contribution is -2.16. The molecule has 2 atom stereocenters. The maximum Gasteiger partial charge on any atom is 0.173 e. The van der Waals surface area contributed by atoms with Crippen molar-refractivity contribution in [2.24, 2.45) is 0 Å². The van der Waals surface area contributed by atoms with Crippen LogP contribution in [0.5, 0.6) is 0 Å². The van der Waals surface area contributed by atoms with Crippen molar-refractivity contribution in [1.29, 1.82) is 0 Å². The van der Waals surface area contributed by atoms with Gasteiger partial charge in [-0.15, -0.1) is 23.5 Å². The molecule has 4 aliphatic rings. The van der Waals surface area contributed by atoms with E-state index in [9.17, 15) is 0 Å². The third-order valence-electron chi connectivity index (χ3n) is 3.57. The van der Waals surface area contributed by atoms with Gasteiger partial charge in [0.15, 0.2) is 23.0 Å². The minimum Gasteiger partial charge on any atom is -0.489 e. The molecule has 0 saturated carbocycles. The second kappa shape index (κ2) is 4.84. The summed E-state index contributed by atoms with van der Waals surface area (Å²) in [5.74, 6) is 3.77. The largest absolute Gasteiger partial charge is 0.489 e. The van der Waals surface area contributed by atoms with E-state index in [0.717, 1.165) is 32.8 Å². The van der Waals surface area contributed by atoms with E-state index in [1.165, 1.54) is 0 Å². The van der Waals surface area contributed by atoms with Gasteiger partial charge in [-0.2, -0.15) is 0 Å². The molecule has 0 aromatic heterocycles. The van der Waals surface area contributed by atoms with Crippen LogP contribution in [0.4, 0.5) is 0 Å². The topological polar surface area (TPSA) is 36.9 Å². The minimum atomic E-state index is 0.304. The third-order valence-corrected chi connectivity index (χ3v) is 6.08. The van der Waals surface area contributed by atoms with Gasteiger partial charge in [0.2, 0.25) is 0 Å². The zero-order chi connectivity index (χ0) is 13.7. The first-order valence-corrected chi connectivity index (χ1v) is 8.59. The van der Waals surface area contributed by atoms with Gasteiger partial charge in [-0.05, 0) is 13.8 Å². The Morgan fingerprint density at radius 3 is 1.55 bits per heavy atom. The van der Waals surface area contributed by atoms with Crippen LogP contribution in [0.2, 0.25) is 0 Å². The second-order valence-electron chi connectivity index (χ2n) is 4.96. The first-order valence-electron chi connectivity index (χ1n) is 6.83. The molecule has 0 N–H and O–H groups in total. The van der Waals surface area contributed by atoms with Gasteiger partial charge in [0.05, 0.1) is 20.3 Å². The summed E-state index contributed by atoms with van der Waals surface area (Å²) >= 11 is 3.58. The number of hydrogen-bond donors (Lipinski definition) is 0. The average molecular weight is 312 g/mol. The van der Waals surface area contributed by atoms with Crippen LogP contribution in [0.25, 0.3) is 0 Å². The predicted octanol–water partition coefficient (Wildman–Crippen LogP) is 2.99. The molecule has 4 rings (SSSR count). The molecule has 4 heterocycles. The Morgan fingerprint density at radius 1 is 0.700 bits per heavy atom. The molecule has 2 unspecified atom stereocenters. The van der Waals surface area contributed by atoms with E-state index in [0.29, 0.717) is 36.9 Å². The molecule has 0 fully saturated rings. The molecule has 6 heteroatoms. The molecule has 4 nitrogen and oxygen atoms in total. The molecule has 0 aromatic rings. The molecule has 0 bridgehead atoms. The monoisotopic (exact) mass is 312 g/mol. The summed E-state index contributed by atoms with van der Waals surface area (Å²) in [6, 6.07) is 0. The highest BCUT2D eigenvalue weighted by molar-refractivity contribution is 8.08. The van der Waals surface area contributed by atoms with Gasteiger partial charge in [0.25, 0.3) is 0 Å². The smallest absolute Gasteiger partial charge is 0.173 e. The van der Waals surface area contributed by atoms with E-state index < -0.39 is 0 Å². The third kappa shape index (κ3) is 1.84. The molecule has 0 radical (unpaired) electrons. The number of ether oxygens (including phenoxy) is 4. The van der Waals surface area contributed by atoms with Gasteiger partial charge in [0, 0.05) is 0 Å². The van der Waals surface area contributed by atoms with E-state index in [2.05, 4.69) is 13.8 Å². The van der Waals surface area contributed by atoms with E-state index >= 15 is 0 Å². The maximum atomic E-state index is 5.86. The fraction of sp³-hybridized carbons (Fsp3) is 0.571.